The van der Waals surface area contributed by atoms with Crippen LogP contribution in [-0.2, 0) is 0 Å². The number of phenols is 1. The lowest BCUT2D eigenvalue weighted by molar-refractivity contribution is 0.0678. The summed E-state index contributed by atoms with van der Waals surface area (Å²) in [7, 11) is 1.78. The first-order valence-corrected chi connectivity index (χ1v) is 6.37. The van der Waals surface area contributed by atoms with Crippen molar-refractivity contribution >= 4 is 16.7 Å². The Balaban J connectivity index is 2.00. The molecule has 0 bridgehead atoms. The van der Waals surface area contributed by atoms with Gasteiger partial charge in [0.2, 0.25) is 0 Å². The summed E-state index contributed by atoms with van der Waals surface area (Å²) < 4.78 is 0. The molecule has 0 aliphatic carbocycles. The Bertz CT molecular complexity index is 635. The van der Waals surface area contributed by atoms with Gasteiger partial charge in [-0.1, -0.05) is 30.3 Å². The molecule has 0 aromatic heterocycles. The first-order chi connectivity index (χ1) is 9.18. The number of hydrogen-bond acceptors (Lipinski definition) is 3. The number of carbonyl (C=O) groups excluding carboxylic acids is 1. The number of carbonyl (C=O) groups is 1. The number of aromatic hydroxyl groups is 1. The van der Waals surface area contributed by atoms with Crippen LogP contribution in [0.1, 0.15) is 10.4 Å². The fraction of sp³-hybridized carbons (Fsp3) is 0.267. The number of phenolic OH excluding ortho intramolecular Hbond substituents is 1. The van der Waals surface area contributed by atoms with Gasteiger partial charge in [0.1, 0.15) is 5.75 Å². The van der Waals surface area contributed by atoms with Gasteiger partial charge < -0.3 is 15.3 Å². The molecule has 1 fully saturated rings. The molecular formula is C15H16N2O2. The second-order valence-corrected chi connectivity index (χ2v) is 4.91. The Hall–Kier alpha value is -2.07. The number of benzene rings is 2. The van der Waals surface area contributed by atoms with Gasteiger partial charge >= 0.3 is 0 Å². The van der Waals surface area contributed by atoms with Crippen LogP contribution >= 0.6 is 0 Å². The first kappa shape index (κ1) is 12.0. The molecule has 4 nitrogen and oxygen atoms in total. The van der Waals surface area contributed by atoms with Crippen LogP contribution in [-0.4, -0.2) is 42.1 Å². The van der Waals surface area contributed by atoms with Gasteiger partial charge in [-0.05, 0) is 11.5 Å². The number of nitrogens with zero attached hydrogens (tertiary/aromatic N) is 1. The van der Waals surface area contributed by atoms with Gasteiger partial charge in [-0.15, -0.1) is 0 Å². The summed E-state index contributed by atoms with van der Waals surface area (Å²) in [4.78, 5) is 14.1. The third kappa shape index (κ3) is 1.94. The van der Waals surface area contributed by atoms with Crippen LogP contribution in [0.2, 0.25) is 0 Å². The summed E-state index contributed by atoms with van der Waals surface area (Å²) in [5, 5.41) is 15.1. The molecule has 1 heterocycles. The minimum absolute atomic E-state index is 0.0715. The highest BCUT2D eigenvalue weighted by Gasteiger charge is 2.27. The Morgan fingerprint density at radius 2 is 2.00 bits per heavy atom. The lowest BCUT2D eigenvalue weighted by Crippen LogP contribution is -2.57. The van der Waals surface area contributed by atoms with Crippen molar-refractivity contribution in [3.8, 4) is 5.75 Å². The van der Waals surface area contributed by atoms with Crippen molar-refractivity contribution in [2.75, 3.05) is 20.1 Å². The molecule has 2 N–H and O–H groups in total. The molecule has 4 heteroatoms. The fourth-order valence-corrected chi connectivity index (χ4v) is 2.33. The van der Waals surface area contributed by atoms with E-state index in [1.54, 1.807) is 18.0 Å². The maximum atomic E-state index is 12.4. The molecule has 0 atom stereocenters. The van der Waals surface area contributed by atoms with E-state index >= 15 is 0 Å². The van der Waals surface area contributed by atoms with E-state index in [1.807, 2.05) is 30.3 Å². The molecule has 3 rings (SSSR count). The smallest absolute Gasteiger partial charge is 0.257 e. The molecular weight excluding hydrogens is 240 g/mol. The van der Waals surface area contributed by atoms with Gasteiger partial charge in [0.05, 0.1) is 11.6 Å². The Morgan fingerprint density at radius 3 is 2.68 bits per heavy atom. The number of amides is 1. The van der Waals surface area contributed by atoms with E-state index < -0.39 is 0 Å². The summed E-state index contributed by atoms with van der Waals surface area (Å²) >= 11 is 0. The van der Waals surface area contributed by atoms with Crippen molar-refractivity contribution in [2.24, 2.45) is 0 Å². The molecule has 1 amide bonds. The minimum atomic E-state index is -0.130. The minimum Gasteiger partial charge on any atom is -0.506 e. The zero-order valence-corrected chi connectivity index (χ0v) is 10.8. The topological polar surface area (TPSA) is 52.6 Å². The van der Waals surface area contributed by atoms with Crippen LogP contribution in [0, 0.1) is 0 Å². The van der Waals surface area contributed by atoms with Crippen LogP contribution in [0.15, 0.2) is 36.4 Å². The van der Waals surface area contributed by atoms with Crippen LogP contribution < -0.4 is 5.32 Å². The lowest BCUT2D eigenvalue weighted by atomic mass is 10.0. The molecule has 0 spiro atoms. The van der Waals surface area contributed by atoms with Crippen LogP contribution in [0.5, 0.6) is 5.75 Å². The van der Waals surface area contributed by atoms with Crippen molar-refractivity contribution < 1.29 is 9.90 Å². The van der Waals surface area contributed by atoms with Gasteiger partial charge in [0.15, 0.2) is 0 Å². The van der Waals surface area contributed by atoms with Crippen molar-refractivity contribution in [2.45, 2.75) is 6.04 Å². The van der Waals surface area contributed by atoms with E-state index in [-0.39, 0.29) is 17.7 Å². The van der Waals surface area contributed by atoms with E-state index in [9.17, 15) is 9.90 Å². The van der Waals surface area contributed by atoms with E-state index in [2.05, 4.69) is 5.32 Å². The fourth-order valence-electron chi connectivity index (χ4n) is 2.33. The van der Waals surface area contributed by atoms with Crippen molar-refractivity contribution in [1.29, 1.82) is 0 Å². The van der Waals surface area contributed by atoms with Crippen molar-refractivity contribution in [3.63, 3.8) is 0 Å². The van der Waals surface area contributed by atoms with E-state index in [0.717, 1.165) is 18.5 Å². The standard InChI is InChI=1S/C15H16N2O2/c1-17(11-8-16-9-11)15(19)13-7-6-10-4-2-3-5-12(10)14(13)18/h2-7,11,16,18H,8-9H2,1H3. The summed E-state index contributed by atoms with van der Waals surface area (Å²) in [6.45, 7) is 1.63. The number of likely N-dealkylation sites (N-methyl/N-ethyl adjacent to an activating group) is 1. The van der Waals surface area contributed by atoms with Gasteiger partial charge in [-0.2, -0.15) is 0 Å². The molecule has 2 aromatic rings. The number of nitrogens with one attached hydrogen (secondary N) is 1. The van der Waals surface area contributed by atoms with Crippen molar-refractivity contribution in [1.82, 2.24) is 10.2 Å². The van der Waals surface area contributed by atoms with Gasteiger partial charge in [-0.25, -0.2) is 0 Å². The van der Waals surface area contributed by atoms with Crippen LogP contribution in [0.4, 0.5) is 0 Å². The van der Waals surface area contributed by atoms with Gasteiger partial charge in [0.25, 0.3) is 5.91 Å². The summed E-state index contributed by atoms with van der Waals surface area (Å²) in [5.41, 5.74) is 0.369. The quantitative estimate of drug-likeness (QED) is 0.858. The number of hydrogen-bond donors (Lipinski definition) is 2. The van der Waals surface area contributed by atoms with Gasteiger partial charge in [-0.3, -0.25) is 4.79 Å². The average Bonchev–Trinajstić information content (AvgIpc) is 2.37. The number of rotatable bonds is 2. The molecule has 2 aromatic carbocycles. The molecule has 0 saturated carbocycles. The highest BCUT2D eigenvalue weighted by molar-refractivity contribution is 6.03. The lowest BCUT2D eigenvalue weighted by Gasteiger charge is -2.35. The van der Waals surface area contributed by atoms with Crippen molar-refractivity contribution in [3.05, 3.63) is 42.0 Å². The highest BCUT2D eigenvalue weighted by Crippen LogP contribution is 2.29. The van der Waals surface area contributed by atoms with E-state index in [1.165, 1.54) is 0 Å². The predicted molar refractivity (Wildman–Crippen MR) is 74.4 cm³/mol. The maximum absolute atomic E-state index is 12.4. The monoisotopic (exact) mass is 256 g/mol. The Labute approximate surface area is 111 Å². The largest absolute Gasteiger partial charge is 0.506 e. The second-order valence-electron chi connectivity index (χ2n) is 4.91. The first-order valence-electron chi connectivity index (χ1n) is 6.37. The third-order valence-electron chi connectivity index (χ3n) is 3.76. The molecule has 1 aliphatic heterocycles. The molecule has 0 unspecified atom stereocenters. The summed E-state index contributed by atoms with van der Waals surface area (Å²) in [6, 6.07) is 11.3. The van der Waals surface area contributed by atoms with Crippen LogP contribution in [0.25, 0.3) is 10.8 Å². The average molecular weight is 256 g/mol. The van der Waals surface area contributed by atoms with Gasteiger partial charge in [0, 0.05) is 25.5 Å². The van der Waals surface area contributed by atoms with E-state index in [0.29, 0.717) is 10.9 Å². The van der Waals surface area contributed by atoms with E-state index in [4.69, 9.17) is 0 Å². The van der Waals surface area contributed by atoms with Crippen LogP contribution in [0.3, 0.4) is 0 Å². The molecule has 0 radical (unpaired) electrons. The predicted octanol–water partition coefficient (Wildman–Crippen LogP) is 1.59. The third-order valence-corrected chi connectivity index (χ3v) is 3.76. The number of fused-ring (bicyclic) bond motifs is 1. The second kappa shape index (κ2) is 4.55. The molecule has 1 aliphatic rings. The molecule has 1 saturated heterocycles. The molecule has 19 heavy (non-hydrogen) atoms. The summed E-state index contributed by atoms with van der Waals surface area (Å²) in [5.74, 6) is -0.0583. The Kier molecular flexibility index (Phi) is 2.87. The normalized spacial score (nSPS) is 15.2. The molecule has 98 valence electrons. The Morgan fingerprint density at radius 1 is 1.26 bits per heavy atom. The summed E-state index contributed by atoms with van der Waals surface area (Å²) in [6.07, 6.45) is 0. The zero-order valence-electron chi connectivity index (χ0n) is 10.8. The SMILES string of the molecule is CN(C(=O)c1ccc2ccccc2c1O)C1CNC1. The zero-order chi connectivity index (χ0) is 13.4. The maximum Gasteiger partial charge on any atom is 0.257 e. The highest BCUT2D eigenvalue weighted by atomic mass is 16.3.